The van der Waals surface area contributed by atoms with Gasteiger partial charge >= 0.3 is 0 Å². The third-order valence-electron chi connectivity index (χ3n) is 7.47. The first-order valence-corrected chi connectivity index (χ1v) is 9.28. The third-order valence-corrected chi connectivity index (χ3v) is 7.47. The van der Waals surface area contributed by atoms with Crippen molar-refractivity contribution in [1.82, 2.24) is 0 Å². The van der Waals surface area contributed by atoms with E-state index in [4.69, 9.17) is 5.73 Å². The number of carbonyl (C=O) groups is 2. The summed E-state index contributed by atoms with van der Waals surface area (Å²) in [6.07, 6.45) is 6.88. The van der Waals surface area contributed by atoms with Gasteiger partial charge in [-0.15, -0.1) is 0 Å². The first-order valence-electron chi connectivity index (χ1n) is 9.28. The molecule has 3 aliphatic rings. The molecule has 4 atom stereocenters. The highest BCUT2D eigenvalue weighted by Gasteiger charge is 2.54. The zero-order chi connectivity index (χ0) is 18.6. The molecule has 0 aromatic heterocycles. The number of fused-ring (bicyclic) bond motifs is 1. The molecule has 0 bridgehead atoms. The lowest BCUT2D eigenvalue weighted by atomic mass is 9.46. The van der Waals surface area contributed by atoms with Crippen molar-refractivity contribution >= 4 is 11.6 Å². The number of ketones is 2. The molecule has 2 saturated carbocycles. The molecule has 3 aliphatic carbocycles. The fourth-order valence-electron chi connectivity index (χ4n) is 5.52. The summed E-state index contributed by atoms with van der Waals surface area (Å²) < 4.78 is 0. The molecule has 3 N–H and O–H groups in total. The van der Waals surface area contributed by atoms with Gasteiger partial charge < -0.3 is 10.8 Å². The van der Waals surface area contributed by atoms with E-state index in [9.17, 15) is 14.7 Å². The molecule has 0 aliphatic heterocycles. The summed E-state index contributed by atoms with van der Waals surface area (Å²) in [5, 5.41) is 10.4. The minimum absolute atomic E-state index is 0.00229. The Morgan fingerprint density at radius 3 is 2.68 bits per heavy atom. The predicted molar refractivity (Wildman–Crippen MR) is 97.6 cm³/mol. The van der Waals surface area contributed by atoms with Crippen LogP contribution in [0, 0.1) is 22.7 Å². The molecule has 2 fully saturated rings. The summed E-state index contributed by atoms with van der Waals surface area (Å²) >= 11 is 0. The lowest BCUT2D eigenvalue weighted by Gasteiger charge is -2.59. The smallest absolute Gasteiger partial charge is 0.232 e. The minimum atomic E-state index is -0.631. The van der Waals surface area contributed by atoms with Crippen LogP contribution in [-0.2, 0) is 9.59 Å². The lowest BCUT2D eigenvalue weighted by molar-refractivity contribution is -0.132. The first kappa shape index (κ1) is 18.0. The second-order valence-corrected chi connectivity index (χ2v) is 8.71. The Morgan fingerprint density at radius 1 is 1.32 bits per heavy atom. The third kappa shape index (κ3) is 2.57. The SMILES string of the molecule is C=C1CCCC2[C@@]1(C)CC[C@@H](C)[C@]2(C)CC1=C(O)C(N)=CC(=O)C1=O. The topological polar surface area (TPSA) is 80.4 Å². The van der Waals surface area contributed by atoms with Gasteiger partial charge in [0.1, 0.15) is 5.76 Å². The average Bonchev–Trinajstić information content (AvgIpc) is 2.56. The maximum Gasteiger partial charge on any atom is 0.232 e. The van der Waals surface area contributed by atoms with Crippen LogP contribution in [0.25, 0.3) is 0 Å². The molecule has 25 heavy (non-hydrogen) atoms. The van der Waals surface area contributed by atoms with E-state index in [-0.39, 0.29) is 27.9 Å². The molecule has 0 radical (unpaired) electrons. The summed E-state index contributed by atoms with van der Waals surface area (Å²) in [6, 6.07) is 0. The molecule has 0 saturated heterocycles. The predicted octanol–water partition coefficient (Wildman–Crippen LogP) is 3.98. The minimum Gasteiger partial charge on any atom is -0.505 e. The number of Topliss-reactive ketones (excluding diaryl/α,β-unsaturated/α-hetero) is 1. The van der Waals surface area contributed by atoms with E-state index in [2.05, 4.69) is 27.4 Å². The number of hydrogen-bond donors (Lipinski definition) is 2. The fraction of sp³-hybridized carbons (Fsp3) is 0.619. The van der Waals surface area contributed by atoms with E-state index in [1.54, 1.807) is 0 Å². The Hall–Kier alpha value is -1.84. The maximum absolute atomic E-state index is 12.4. The van der Waals surface area contributed by atoms with Crippen molar-refractivity contribution in [2.24, 2.45) is 28.4 Å². The van der Waals surface area contributed by atoms with Crippen LogP contribution in [0.4, 0.5) is 0 Å². The van der Waals surface area contributed by atoms with Crippen molar-refractivity contribution in [2.45, 2.75) is 59.3 Å². The standard InChI is InChI=1S/C21H29NO3/c1-12-6-5-7-17-20(12,3)9-8-13(2)21(17,4)11-14-18(24)15(22)10-16(23)19(14)25/h10,13,17,24H,1,5-9,11,22H2,2-4H3/t13-,17?,20+,21+/m1/s1. The molecule has 0 aromatic carbocycles. The summed E-state index contributed by atoms with van der Waals surface area (Å²) in [5.74, 6) is -0.665. The number of rotatable bonds is 2. The van der Waals surface area contributed by atoms with E-state index in [0.717, 1.165) is 38.2 Å². The normalized spacial score (nSPS) is 39.3. The summed E-state index contributed by atoms with van der Waals surface area (Å²) in [7, 11) is 0. The molecule has 0 aromatic rings. The Labute approximate surface area is 149 Å². The Kier molecular flexibility index (Phi) is 4.21. The Balaban J connectivity index is 2.03. The van der Waals surface area contributed by atoms with Crippen molar-refractivity contribution in [3.8, 4) is 0 Å². The highest BCUT2D eigenvalue weighted by atomic mass is 16.3. The number of aliphatic hydroxyl groups is 1. The van der Waals surface area contributed by atoms with Gasteiger partial charge in [0.25, 0.3) is 0 Å². The molecule has 0 heterocycles. The van der Waals surface area contributed by atoms with E-state index in [1.807, 2.05) is 0 Å². The van der Waals surface area contributed by atoms with Crippen molar-refractivity contribution in [3.63, 3.8) is 0 Å². The van der Waals surface area contributed by atoms with Crippen LogP contribution < -0.4 is 5.73 Å². The quantitative estimate of drug-likeness (QED) is 0.451. The molecular weight excluding hydrogens is 314 g/mol. The van der Waals surface area contributed by atoms with Gasteiger partial charge in [-0.25, -0.2) is 0 Å². The van der Waals surface area contributed by atoms with Gasteiger partial charge in [0.05, 0.1) is 5.70 Å². The zero-order valence-electron chi connectivity index (χ0n) is 15.5. The van der Waals surface area contributed by atoms with Crippen LogP contribution in [0.15, 0.2) is 35.3 Å². The van der Waals surface area contributed by atoms with E-state index < -0.39 is 11.6 Å². The second kappa shape index (κ2) is 5.86. The van der Waals surface area contributed by atoms with Crippen LogP contribution in [0.2, 0.25) is 0 Å². The number of allylic oxidation sites excluding steroid dienone is 3. The van der Waals surface area contributed by atoms with E-state index in [1.165, 1.54) is 5.57 Å². The van der Waals surface area contributed by atoms with Crippen LogP contribution in [0.5, 0.6) is 0 Å². The molecule has 3 rings (SSSR count). The molecule has 136 valence electrons. The van der Waals surface area contributed by atoms with Gasteiger partial charge in [-0.1, -0.05) is 32.9 Å². The van der Waals surface area contributed by atoms with Crippen molar-refractivity contribution in [1.29, 1.82) is 0 Å². The molecule has 4 nitrogen and oxygen atoms in total. The Morgan fingerprint density at radius 2 is 2.00 bits per heavy atom. The van der Waals surface area contributed by atoms with Crippen LogP contribution in [0.1, 0.15) is 59.3 Å². The van der Waals surface area contributed by atoms with E-state index >= 15 is 0 Å². The highest BCUT2D eigenvalue weighted by molar-refractivity contribution is 6.48. The maximum atomic E-state index is 12.4. The monoisotopic (exact) mass is 343 g/mol. The highest BCUT2D eigenvalue weighted by Crippen LogP contribution is 2.63. The zero-order valence-corrected chi connectivity index (χ0v) is 15.5. The second-order valence-electron chi connectivity index (χ2n) is 8.71. The summed E-state index contributed by atoms with van der Waals surface area (Å²) in [6.45, 7) is 11.1. The fourth-order valence-corrected chi connectivity index (χ4v) is 5.52. The van der Waals surface area contributed by atoms with E-state index in [0.29, 0.717) is 18.3 Å². The number of aliphatic hydroxyl groups excluding tert-OH is 1. The van der Waals surface area contributed by atoms with Crippen LogP contribution >= 0.6 is 0 Å². The summed E-state index contributed by atoms with van der Waals surface area (Å²) in [4.78, 5) is 24.3. The van der Waals surface area contributed by atoms with Gasteiger partial charge in [0.15, 0.2) is 0 Å². The van der Waals surface area contributed by atoms with Crippen molar-refractivity contribution < 1.29 is 14.7 Å². The molecule has 4 heteroatoms. The van der Waals surface area contributed by atoms with Gasteiger partial charge in [-0.3, -0.25) is 9.59 Å². The molecule has 1 unspecified atom stereocenters. The number of carbonyl (C=O) groups excluding carboxylic acids is 2. The molecule has 0 amide bonds. The Bertz CT molecular complexity index is 717. The van der Waals surface area contributed by atoms with Gasteiger partial charge in [0, 0.05) is 11.6 Å². The van der Waals surface area contributed by atoms with Crippen LogP contribution in [-0.4, -0.2) is 16.7 Å². The lowest BCUT2D eigenvalue weighted by Crippen LogP contribution is -2.51. The number of hydrogen-bond acceptors (Lipinski definition) is 4. The average molecular weight is 343 g/mol. The van der Waals surface area contributed by atoms with Crippen molar-refractivity contribution in [3.05, 3.63) is 35.3 Å². The molecule has 0 spiro atoms. The van der Waals surface area contributed by atoms with Gasteiger partial charge in [-0.05, 0) is 61.2 Å². The summed E-state index contributed by atoms with van der Waals surface area (Å²) in [5.41, 5.74) is 7.15. The van der Waals surface area contributed by atoms with Crippen LogP contribution in [0.3, 0.4) is 0 Å². The van der Waals surface area contributed by atoms with Gasteiger partial charge in [0.2, 0.25) is 11.6 Å². The van der Waals surface area contributed by atoms with Gasteiger partial charge in [-0.2, -0.15) is 0 Å². The first-order chi connectivity index (χ1) is 11.6. The van der Waals surface area contributed by atoms with Crippen molar-refractivity contribution in [2.75, 3.05) is 0 Å². The largest absolute Gasteiger partial charge is 0.505 e. The number of nitrogens with two attached hydrogens (primary N) is 1. The molecular formula is C21H29NO3.